The van der Waals surface area contributed by atoms with E-state index in [1.54, 1.807) is 0 Å². The van der Waals surface area contributed by atoms with Gasteiger partial charge in [0.25, 0.3) is 0 Å². The molecule has 0 saturated carbocycles. The summed E-state index contributed by atoms with van der Waals surface area (Å²) in [6.07, 6.45) is 0. The molecular formula is C26H26N8. The fourth-order valence-corrected chi connectivity index (χ4v) is 3.78. The van der Waals surface area contributed by atoms with Crippen LogP contribution in [0.1, 0.15) is 32.2 Å². The maximum absolute atomic E-state index is 5.89. The first-order valence-corrected chi connectivity index (χ1v) is 11.1. The molecule has 0 unspecified atom stereocenters. The molecule has 170 valence electrons. The van der Waals surface area contributed by atoms with Gasteiger partial charge in [0.1, 0.15) is 0 Å². The molecular weight excluding hydrogens is 424 g/mol. The van der Waals surface area contributed by atoms with E-state index in [2.05, 4.69) is 71.7 Å². The number of nitrogens with one attached hydrogen (secondary N) is 1. The molecule has 0 bridgehead atoms. The predicted molar refractivity (Wildman–Crippen MR) is 133 cm³/mol. The fraction of sp³-hybridized carbons (Fsp3) is 0.192. The Kier molecular flexibility index (Phi) is 5.41. The number of aromatic nitrogens is 7. The summed E-state index contributed by atoms with van der Waals surface area (Å²) >= 11 is 0. The van der Waals surface area contributed by atoms with Gasteiger partial charge < -0.3 is 5.73 Å². The Bertz CT molecular complexity index is 1390. The molecule has 5 aromatic rings. The molecule has 2 aromatic heterocycles. The van der Waals surface area contributed by atoms with Crippen LogP contribution < -0.4 is 5.73 Å². The quantitative estimate of drug-likeness (QED) is 0.375. The number of nitrogens with two attached hydrogens (primary N) is 1. The number of nitrogen functional groups attached to an aromatic ring is 1. The van der Waals surface area contributed by atoms with Crippen molar-refractivity contribution in [1.29, 1.82) is 0 Å². The minimum Gasteiger partial charge on any atom is -0.399 e. The van der Waals surface area contributed by atoms with Crippen molar-refractivity contribution in [3.63, 3.8) is 0 Å². The molecule has 0 radical (unpaired) electrons. The van der Waals surface area contributed by atoms with Crippen LogP contribution in [0.25, 0.3) is 33.9 Å². The van der Waals surface area contributed by atoms with Crippen molar-refractivity contribution in [2.24, 2.45) is 0 Å². The van der Waals surface area contributed by atoms with Crippen molar-refractivity contribution in [3.8, 4) is 33.9 Å². The lowest BCUT2D eigenvalue weighted by molar-refractivity contribution is 0.533. The van der Waals surface area contributed by atoms with Gasteiger partial charge in [-0.1, -0.05) is 69.3 Å². The Morgan fingerprint density at radius 1 is 0.853 bits per heavy atom. The molecule has 34 heavy (non-hydrogen) atoms. The van der Waals surface area contributed by atoms with Crippen LogP contribution in [0.4, 0.5) is 5.69 Å². The number of rotatable bonds is 5. The third-order valence-corrected chi connectivity index (χ3v) is 5.62. The van der Waals surface area contributed by atoms with Crippen molar-refractivity contribution < 1.29 is 0 Å². The highest BCUT2D eigenvalue weighted by Gasteiger charge is 2.22. The van der Waals surface area contributed by atoms with E-state index in [9.17, 15) is 0 Å². The van der Waals surface area contributed by atoms with Crippen molar-refractivity contribution in [2.75, 3.05) is 5.73 Å². The Balaban J connectivity index is 1.47. The Morgan fingerprint density at radius 2 is 1.53 bits per heavy atom. The number of hydrogen-bond acceptors (Lipinski definition) is 6. The average Bonchev–Trinajstić information content (AvgIpc) is 3.51. The average molecular weight is 451 g/mol. The van der Waals surface area contributed by atoms with Crippen molar-refractivity contribution >= 4 is 5.69 Å². The van der Waals surface area contributed by atoms with E-state index in [0.29, 0.717) is 12.4 Å². The lowest BCUT2D eigenvalue weighted by atomic mass is 9.96. The van der Waals surface area contributed by atoms with E-state index in [1.165, 1.54) is 0 Å². The summed E-state index contributed by atoms with van der Waals surface area (Å²) in [7, 11) is 0. The molecule has 0 aliphatic heterocycles. The SMILES string of the molecule is CC(C)(C)c1nc(-c2ccc(N)cc2)n(Cc2ccc(-c3ccccc3-c3nn[nH]n3)cc2)n1. The van der Waals surface area contributed by atoms with Gasteiger partial charge in [0, 0.05) is 22.2 Å². The van der Waals surface area contributed by atoms with Gasteiger partial charge >= 0.3 is 0 Å². The summed E-state index contributed by atoms with van der Waals surface area (Å²) in [4.78, 5) is 4.87. The monoisotopic (exact) mass is 450 g/mol. The summed E-state index contributed by atoms with van der Waals surface area (Å²) in [6.45, 7) is 6.97. The van der Waals surface area contributed by atoms with Crippen molar-refractivity contribution in [2.45, 2.75) is 32.7 Å². The van der Waals surface area contributed by atoms with Crippen LogP contribution in [0.3, 0.4) is 0 Å². The van der Waals surface area contributed by atoms with Gasteiger partial charge in [0.05, 0.1) is 6.54 Å². The first-order chi connectivity index (χ1) is 16.4. The minimum absolute atomic E-state index is 0.156. The number of anilines is 1. The standard InChI is InChI=1S/C26H26N8/c1-26(2,3)25-28-24(19-12-14-20(27)15-13-19)34(31-25)16-17-8-10-18(11-9-17)21-6-4-5-7-22(21)23-29-32-33-30-23/h4-15H,16,27H2,1-3H3,(H,29,30,32,33). The lowest BCUT2D eigenvalue weighted by Gasteiger charge is -2.12. The molecule has 0 saturated heterocycles. The molecule has 0 atom stereocenters. The molecule has 0 amide bonds. The Hall–Kier alpha value is -4.33. The van der Waals surface area contributed by atoms with E-state index in [-0.39, 0.29) is 5.41 Å². The number of H-pyrrole nitrogens is 1. The first-order valence-electron chi connectivity index (χ1n) is 11.1. The largest absolute Gasteiger partial charge is 0.399 e. The number of tetrazole rings is 1. The van der Waals surface area contributed by atoms with E-state index in [1.807, 2.05) is 47.1 Å². The zero-order valence-corrected chi connectivity index (χ0v) is 19.4. The van der Waals surface area contributed by atoms with Crippen molar-refractivity contribution in [3.05, 3.63) is 84.2 Å². The van der Waals surface area contributed by atoms with Gasteiger partial charge in [-0.05, 0) is 46.2 Å². The maximum atomic E-state index is 5.89. The predicted octanol–water partition coefficient (Wildman–Crippen LogP) is 4.72. The first kappa shape index (κ1) is 21.5. The van der Waals surface area contributed by atoms with E-state index < -0.39 is 0 Å². The van der Waals surface area contributed by atoms with E-state index in [0.717, 1.165) is 45.2 Å². The second-order valence-electron chi connectivity index (χ2n) is 9.27. The second kappa shape index (κ2) is 8.55. The number of hydrogen-bond donors (Lipinski definition) is 2. The van der Waals surface area contributed by atoms with Gasteiger partial charge in [-0.3, -0.25) is 0 Å². The lowest BCUT2D eigenvalue weighted by Crippen LogP contribution is -2.14. The van der Waals surface area contributed by atoms with Crippen LogP contribution >= 0.6 is 0 Å². The molecule has 8 heteroatoms. The van der Waals surface area contributed by atoms with Gasteiger partial charge in [-0.2, -0.15) is 10.3 Å². The fourth-order valence-electron chi connectivity index (χ4n) is 3.78. The Morgan fingerprint density at radius 3 is 2.18 bits per heavy atom. The van der Waals surface area contributed by atoms with E-state index >= 15 is 0 Å². The highest BCUT2D eigenvalue weighted by Crippen LogP contribution is 2.30. The molecule has 3 N–H and O–H groups in total. The third-order valence-electron chi connectivity index (χ3n) is 5.62. The number of aromatic amines is 1. The second-order valence-corrected chi connectivity index (χ2v) is 9.27. The summed E-state index contributed by atoms with van der Waals surface area (Å²) in [5.41, 5.74) is 11.6. The van der Waals surface area contributed by atoms with Crippen LogP contribution in [0.5, 0.6) is 0 Å². The zero-order valence-electron chi connectivity index (χ0n) is 19.4. The topological polar surface area (TPSA) is 111 Å². The highest BCUT2D eigenvalue weighted by atomic mass is 15.5. The van der Waals surface area contributed by atoms with Crippen LogP contribution in [-0.2, 0) is 12.0 Å². The van der Waals surface area contributed by atoms with Gasteiger partial charge in [-0.15, -0.1) is 10.2 Å². The maximum Gasteiger partial charge on any atom is 0.205 e. The van der Waals surface area contributed by atoms with Crippen LogP contribution in [0, 0.1) is 0 Å². The molecule has 3 aromatic carbocycles. The smallest absolute Gasteiger partial charge is 0.205 e. The zero-order chi connectivity index (χ0) is 23.7. The normalized spacial score (nSPS) is 11.6. The van der Waals surface area contributed by atoms with Gasteiger partial charge in [-0.25, -0.2) is 9.67 Å². The van der Waals surface area contributed by atoms with Gasteiger partial charge in [0.2, 0.25) is 5.82 Å². The molecule has 5 rings (SSSR count). The summed E-state index contributed by atoms with van der Waals surface area (Å²) in [6, 6.07) is 24.2. The molecule has 0 aliphatic carbocycles. The highest BCUT2D eigenvalue weighted by molar-refractivity contribution is 5.80. The van der Waals surface area contributed by atoms with Crippen LogP contribution in [0.15, 0.2) is 72.8 Å². The summed E-state index contributed by atoms with van der Waals surface area (Å²) in [5.74, 6) is 2.21. The van der Waals surface area contributed by atoms with E-state index in [4.69, 9.17) is 15.8 Å². The van der Waals surface area contributed by atoms with Crippen molar-refractivity contribution in [1.82, 2.24) is 35.4 Å². The third kappa shape index (κ3) is 4.30. The summed E-state index contributed by atoms with van der Waals surface area (Å²) in [5, 5.41) is 19.3. The molecule has 0 spiro atoms. The van der Waals surface area contributed by atoms with Crippen LogP contribution in [-0.4, -0.2) is 35.4 Å². The Labute approximate surface area is 197 Å². The molecule has 8 nitrogen and oxygen atoms in total. The number of benzene rings is 3. The molecule has 2 heterocycles. The molecule has 0 aliphatic rings. The minimum atomic E-state index is -0.156. The molecule has 0 fully saturated rings. The van der Waals surface area contributed by atoms with Gasteiger partial charge in [0.15, 0.2) is 11.6 Å². The summed E-state index contributed by atoms with van der Waals surface area (Å²) < 4.78 is 1.97. The number of nitrogens with zero attached hydrogens (tertiary/aromatic N) is 6. The van der Waals surface area contributed by atoms with Crippen LogP contribution in [0.2, 0.25) is 0 Å².